The molecule has 2 heterocycles. The fourth-order valence-corrected chi connectivity index (χ4v) is 3.24. The van der Waals surface area contributed by atoms with Gasteiger partial charge in [-0.1, -0.05) is 5.16 Å². The van der Waals surface area contributed by atoms with Crippen LogP contribution in [0.1, 0.15) is 41.6 Å². The van der Waals surface area contributed by atoms with Crippen molar-refractivity contribution in [3.63, 3.8) is 0 Å². The van der Waals surface area contributed by atoms with Gasteiger partial charge >= 0.3 is 0 Å². The van der Waals surface area contributed by atoms with Crippen LogP contribution >= 0.6 is 0 Å². The maximum atomic E-state index is 13.8. The van der Waals surface area contributed by atoms with E-state index >= 15 is 0 Å². The van der Waals surface area contributed by atoms with Crippen LogP contribution in [0.2, 0.25) is 0 Å². The van der Waals surface area contributed by atoms with Gasteiger partial charge in [-0.25, -0.2) is 8.78 Å². The third-order valence-electron chi connectivity index (χ3n) is 4.73. The van der Waals surface area contributed by atoms with Crippen molar-refractivity contribution in [1.29, 1.82) is 0 Å². The Hall–Kier alpha value is -1.86. The molecule has 0 amide bonds. The standard InChI is InChI=1S/C16H18F2N4O/c1-22-5-4-19-8-14(22)15-20-16(23-21-15)12-7-10(12)11-6-9(17)2-3-13(11)18/h2-3,6,10,12,14,19H,4-5,7-8H2,1H3. The second kappa shape index (κ2) is 5.65. The van der Waals surface area contributed by atoms with E-state index in [4.69, 9.17) is 4.52 Å². The summed E-state index contributed by atoms with van der Waals surface area (Å²) < 4.78 is 32.6. The Morgan fingerprint density at radius 3 is 3.00 bits per heavy atom. The van der Waals surface area contributed by atoms with Crippen molar-refractivity contribution < 1.29 is 13.3 Å². The average molecular weight is 320 g/mol. The van der Waals surface area contributed by atoms with E-state index in [1.807, 2.05) is 7.05 Å². The van der Waals surface area contributed by atoms with Crippen LogP contribution < -0.4 is 5.32 Å². The summed E-state index contributed by atoms with van der Waals surface area (Å²) in [4.78, 5) is 6.68. The van der Waals surface area contributed by atoms with Gasteiger partial charge in [0, 0.05) is 25.6 Å². The van der Waals surface area contributed by atoms with Crippen molar-refractivity contribution in [2.24, 2.45) is 0 Å². The lowest BCUT2D eigenvalue weighted by Gasteiger charge is -2.30. The summed E-state index contributed by atoms with van der Waals surface area (Å²) in [6.45, 7) is 2.65. The van der Waals surface area contributed by atoms with Crippen LogP contribution in [0.5, 0.6) is 0 Å². The zero-order chi connectivity index (χ0) is 16.0. The molecule has 1 saturated heterocycles. The zero-order valence-corrected chi connectivity index (χ0v) is 12.8. The van der Waals surface area contributed by atoms with Crippen LogP contribution in [-0.2, 0) is 0 Å². The molecular weight excluding hydrogens is 302 g/mol. The molecule has 0 spiro atoms. The second-order valence-electron chi connectivity index (χ2n) is 6.31. The summed E-state index contributed by atoms with van der Waals surface area (Å²) in [6, 6.07) is 3.65. The Bertz CT molecular complexity index is 720. The number of hydrogen-bond acceptors (Lipinski definition) is 5. The fraction of sp³-hybridized carbons (Fsp3) is 0.500. The molecule has 3 atom stereocenters. The number of nitrogens with zero attached hydrogens (tertiary/aromatic N) is 3. The van der Waals surface area contributed by atoms with Crippen molar-refractivity contribution in [1.82, 2.24) is 20.4 Å². The maximum absolute atomic E-state index is 13.8. The summed E-state index contributed by atoms with van der Waals surface area (Å²) >= 11 is 0. The van der Waals surface area contributed by atoms with E-state index in [1.54, 1.807) is 0 Å². The van der Waals surface area contributed by atoms with E-state index in [2.05, 4.69) is 20.4 Å². The number of hydrogen-bond donors (Lipinski definition) is 1. The molecule has 4 rings (SSSR count). The molecule has 3 unspecified atom stereocenters. The molecule has 1 saturated carbocycles. The topological polar surface area (TPSA) is 54.2 Å². The van der Waals surface area contributed by atoms with Crippen LogP contribution in [0.3, 0.4) is 0 Å². The quantitative estimate of drug-likeness (QED) is 0.939. The Morgan fingerprint density at radius 1 is 1.30 bits per heavy atom. The lowest BCUT2D eigenvalue weighted by atomic mass is 10.1. The first-order valence-corrected chi connectivity index (χ1v) is 7.83. The number of halogens is 2. The number of nitrogens with one attached hydrogen (secondary N) is 1. The van der Waals surface area contributed by atoms with Crippen molar-refractivity contribution >= 4 is 0 Å². The summed E-state index contributed by atoms with van der Waals surface area (Å²) in [7, 11) is 2.03. The van der Waals surface area contributed by atoms with E-state index in [0.717, 1.165) is 25.7 Å². The highest BCUT2D eigenvalue weighted by Gasteiger charge is 2.45. The Morgan fingerprint density at radius 2 is 2.17 bits per heavy atom. The van der Waals surface area contributed by atoms with Gasteiger partial charge in [0.25, 0.3) is 0 Å². The number of aromatic nitrogens is 2. The molecule has 2 aromatic rings. The normalized spacial score (nSPS) is 28.0. The molecule has 0 bridgehead atoms. The monoisotopic (exact) mass is 320 g/mol. The second-order valence-corrected chi connectivity index (χ2v) is 6.31. The van der Waals surface area contributed by atoms with Gasteiger partial charge in [-0.3, -0.25) is 4.90 Å². The molecule has 0 radical (unpaired) electrons. The smallest absolute Gasteiger partial charge is 0.230 e. The van der Waals surface area contributed by atoms with Crippen LogP contribution in [0.4, 0.5) is 8.78 Å². The SMILES string of the molecule is CN1CCNCC1c1noc(C2CC2c2cc(F)ccc2F)n1. The van der Waals surface area contributed by atoms with Gasteiger partial charge in [0.15, 0.2) is 5.82 Å². The number of piperazine rings is 1. The van der Waals surface area contributed by atoms with Crippen LogP contribution in [0.15, 0.2) is 22.7 Å². The van der Waals surface area contributed by atoms with Crippen molar-refractivity contribution in [3.8, 4) is 0 Å². The molecule has 2 aliphatic rings. The minimum Gasteiger partial charge on any atom is -0.339 e. The van der Waals surface area contributed by atoms with E-state index in [0.29, 0.717) is 23.7 Å². The number of benzene rings is 1. The third kappa shape index (κ3) is 2.74. The van der Waals surface area contributed by atoms with Gasteiger partial charge in [-0.15, -0.1) is 0 Å². The predicted molar refractivity (Wildman–Crippen MR) is 79.0 cm³/mol. The minimum atomic E-state index is -0.423. The maximum Gasteiger partial charge on any atom is 0.230 e. The summed E-state index contributed by atoms with van der Waals surface area (Å²) in [5, 5.41) is 7.40. The van der Waals surface area contributed by atoms with Gasteiger partial charge in [-0.2, -0.15) is 4.98 Å². The molecule has 1 aromatic heterocycles. The highest BCUT2D eigenvalue weighted by atomic mass is 19.1. The minimum absolute atomic E-state index is 0.0191. The first-order chi connectivity index (χ1) is 11.1. The Labute approximate surface area is 132 Å². The zero-order valence-electron chi connectivity index (χ0n) is 12.8. The molecular formula is C16H18F2N4O. The van der Waals surface area contributed by atoms with Crippen molar-refractivity contribution in [3.05, 3.63) is 47.1 Å². The summed E-state index contributed by atoms with van der Waals surface area (Å²) in [6.07, 6.45) is 0.709. The van der Waals surface area contributed by atoms with E-state index < -0.39 is 5.82 Å². The molecule has 1 aliphatic heterocycles. The summed E-state index contributed by atoms with van der Waals surface area (Å²) in [5.74, 6) is 0.270. The molecule has 23 heavy (non-hydrogen) atoms. The first kappa shape index (κ1) is 14.7. The number of likely N-dealkylation sites (N-methyl/N-ethyl adjacent to an activating group) is 1. The van der Waals surface area contributed by atoms with E-state index in [1.165, 1.54) is 12.1 Å². The molecule has 1 aliphatic carbocycles. The van der Waals surface area contributed by atoms with E-state index in [-0.39, 0.29) is 23.7 Å². The predicted octanol–water partition coefficient (Wildman–Crippen LogP) is 2.19. The van der Waals surface area contributed by atoms with Crippen LogP contribution in [-0.4, -0.2) is 41.7 Å². The molecule has 1 N–H and O–H groups in total. The molecule has 7 heteroatoms. The first-order valence-electron chi connectivity index (χ1n) is 7.83. The van der Waals surface area contributed by atoms with Crippen molar-refractivity contribution in [2.75, 3.05) is 26.7 Å². The van der Waals surface area contributed by atoms with Gasteiger partial charge in [0.2, 0.25) is 5.89 Å². The Balaban J connectivity index is 1.51. The lowest BCUT2D eigenvalue weighted by Crippen LogP contribution is -2.44. The van der Waals surface area contributed by atoms with Gasteiger partial charge < -0.3 is 9.84 Å². The largest absolute Gasteiger partial charge is 0.339 e. The highest BCUT2D eigenvalue weighted by Crippen LogP contribution is 2.54. The number of rotatable bonds is 3. The lowest BCUT2D eigenvalue weighted by molar-refractivity contribution is 0.190. The molecule has 122 valence electrons. The van der Waals surface area contributed by atoms with E-state index in [9.17, 15) is 8.78 Å². The third-order valence-corrected chi connectivity index (χ3v) is 4.73. The highest BCUT2D eigenvalue weighted by molar-refractivity contribution is 5.32. The van der Waals surface area contributed by atoms with Crippen LogP contribution in [0, 0.1) is 11.6 Å². The molecule has 1 aromatic carbocycles. The van der Waals surface area contributed by atoms with Gasteiger partial charge in [0.05, 0.1) is 6.04 Å². The Kier molecular flexibility index (Phi) is 3.61. The van der Waals surface area contributed by atoms with Gasteiger partial charge in [0.1, 0.15) is 11.6 Å². The molecule has 2 fully saturated rings. The molecule has 5 nitrogen and oxygen atoms in total. The summed E-state index contributed by atoms with van der Waals surface area (Å²) in [5.41, 5.74) is 0.395. The van der Waals surface area contributed by atoms with Gasteiger partial charge in [-0.05, 0) is 43.1 Å². The van der Waals surface area contributed by atoms with Crippen LogP contribution in [0.25, 0.3) is 0 Å². The fourth-order valence-electron chi connectivity index (χ4n) is 3.24. The average Bonchev–Trinajstić information content (AvgIpc) is 3.19. The van der Waals surface area contributed by atoms with Crippen molar-refractivity contribution in [2.45, 2.75) is 24.3 Å².